The number of nitrogens with two attached hydrogens (primary N) is 1. The monoisotopic (exact) mass is 220 g/mol. The van der Waals surface area contributed by atoms with Crippen molar-refractivity contribution < 1.29 is 0 Å². The molecule has 0 aliphatic rings. The Hall–Kier alpha value is -1.62. The average molecular weight is 220 g/mol. The molecule has 4 nitrogen and oxygen atoms in total. The predicted molar refractivity (Wildman–Crippen MR) is 63.0 cm³/mol. The molecule has 3 N–H and O–H groups in total. The normalized spacial score (nSPS) is 10.1. The lowest BCUT2D eigenvalue weighted by atomic mass is 10.4. The van der Waals surface area contributed by atoms with E-state index in [0.717, 1.165) is 23.8 Å². The summed E-state index contributed by atoms with van der Waals surface area (Å²) < 4.78 is 0. The highest BCUT2D eigenvalue weighted by molar-refractivity contribution is 7.09. The molecule has 5 heteroatoms. The third kappa shape index (κ3) is 2.92. The molecule has 0 bridgehead atoms. The van der Waals surface area contributed by atoms with Crippen LogP contribution in [0.25, 0.3) is 0 Å². The third-order valence-corrected chi connectivity index (χ3v) is 2.75. The van der Waals surface area contributed by atoms with E-state index in [-0.39, 0.29) is 0 Å². The predicted octanol–water partition coefficient (Wildman–Crippen LogP) is 1.77. The quantitative estimate of drug-likeness (QED) is 0.824. The van der Waals surface area contributed by atoms with E-state index >= 15 is 0 Å². The number of rotatable bonds is 4. The van der Waals surface area contributed by atoms with Gasteiger partial charge in [0, 0.05) is 24.5 Å². The molecule has 2 rings (SSSR count). The van der Waals surface area contributed by atoms with Gasteiger partial charge in [-0.25, -0.2) is 9.97 Å². The van der Waals surface area contributed by atoms with Crippen LogP contribution < -0.4 is 11.1 Å². The first kappa shape index (κ1) is 9.92. The van der Waals surface area contributed by atoms with Crippen LogP contribution in [0.5, 0.6) is 0 Å². The number of thiazole rings is 1. The Morgan fingerprint density at radius 2 is 2.27 bits per heavy atom. The van der Waals surface area contributed by atoms with Gasteiger partial charge in [-0.3, -0.25) is 0 Å². The first-order valence-electron chi connectivity index (χ1n) is 4.68. The largest absolute Gasteiger partial charge is 0.397 e. The summed E-state index contributed by atoms with van der Waals surface area (Å²) in [4.78, 5) is 8.34. The second kappa shape index (κ2) is 4.75. The van der Waals surface area contributed by atoms with E-state index in [2.05, 4.69) is 15.3 Å². The molecule has 15 heavy (non-hydrogen) atoms. The summed E-state index contributed by atoms with van der Waals surface area (Å²) in [6.07, 6.45) is 4.39. The average Bonchev–Trinajstić information content (AvgIpc) is 2.74. The molecule has 0 saturated heterocycles. The molecule has 0 amide bonds. The smallest absolute Gasteiger partial charge is 0.126 e. The molecule has 0 aliphatic heterocycles. The Bertz CT molecular complexity index is 396. The Kier molecular flexibility index (Phi) is 3.14. The van der Waals surface area contributed by atoms with Gasteiger partial charge in [-0.1, -0.05) is 0 Å². The number of pyridine rings is 1. The topological polar surface area (TPSA) is 63.8 Å². The fraction of sp³-hybridized carbons (Fsp3) is 0.200. The van der Waals surface area contributed by atoms with Crippen molar-refractivity contribution in [3.8, 4) is 0 Å². The van der Waals surface area contributed by atoms with Crippen molar-refractivity contribution in [1.29, 1.82) is 0 Å². The third-order valence-electron chi connectivity index (χ3n) is 1.91. The molecule has 0 saturated carbocycles. The maximum absolute atomic E-state index is 5.53. The molecule has 2 aromatic heterocycles. The van der Waals surface area contributed by atoms with Crippen molar-refractivity contribution in [3.05, 3.63) is 34.9 Å². The van der Waals surface area contributed by atoms with Gasteiger partial charge in [0.2, 0.25) is 0 Å². The van der Waals surface area contributed by atoms with Crippen molar-refractivity contribution in [2.75, 3.05) is 17.6 Å². The molecule has 0 radical (unpaired) electrons. The Morgan fingerprint density at radius 3 is 2.93 bits per heavy atom. The highest BCUT2D eigenvalue weighted by Gasteiger charge is 1.96. The second-order valence-corrected chi connectivity index (χ2v) is 4.06. The lowest BCUT2D eigenvalue weighted by Crippen LogP contribution is -2.06. The fourth-order valence-corrected chi connectivity index (χ4v) is 1.80. The first-order chi connectivity index (χ1) is 7.34. The fourth-order valence-electron chi connectivity index (χ4n) is 1.18. The van der Waals surface area contributed by atoms with Gasteiger partial charge < -0.3 is 11.1 Å². The molecule has 78 valence electrons. The van der Waals surface area contributed by atoms with E-state index in [1.807, 2.05) is 23.7 Å². The van der Waals surface area contributed by atoms with E-state index in [1.165, 1.54) is 0 Å². The van der Waals surface area contributed by atoms with E-state index in [0.29, 0.717) is 5.69 Å². The van der Waals surface area contributed by atoms with Crippen molar-refractivity contribution in [3.63, 3.8) is 0 Å². The van der Waals surface area contributed by atoms with Crippen LogP contribution in [0.1, 0.15) is 5.01 Å². The van der Waals surface area contributed by atoms with Gasteiger partial charge >= 0.3 is 0 Å². The number of nitrogen functional groups attached to an aromatic ring is 1. The number of hydrogen-bond acceptors (Lipinski definition) is 5. The lowest BCUT2D eigenvalue weighted by Gasteiger charge is -2.03. The number of hydrogen-bond donors (Lipinski definition) is 2. The molecule has 0 fully saturated rings. The van der Waals surface area contributed by atoms with Crippen molar-refractivity contribution >= 4 is 22.8 Å². The summed E-state index contributed by atoms with van der Waals surface area (Å²) in [6, 6.07) is 3.70. The molecule has 0 unspecified atom stereocenters. The van der Waals surface area contributed by atoms with E-state index < -0.39 is 0 Å². The van der Waals surface area contributed by atoms with Gasteiger partial charge in [-0.2, -0.15) is 0 Å². The van der Waals surface area contributed by atoms with Crippen LogP contribution in [0.4, 0.5) is 11.5 Å². The highest BCUT2D eigenvalue weighted by atomic mass is 32.1. The Balaban J connectivity index is 1.81. The Labute approximate surface area is 92.2 Å². The molecule has 2 heterocycles. The van der Waals surface area contributed by atoms with Crippen molar-refractivity contribution in [1.82, 2.24) is 9.97 Å². The van der Waals surface area contributed by atoms with E-state index in [9.17, 15) is 0 Å². The van der Waals surface area contributed by atoms with Crippen LogP contribution in [0.15, 0.2) is 29.9 Å². The minimum atomic E-state index is 0.681. The molecule has 0 aliphatic carbocycles. The van der Waals surface area contributed by atoms with Gasteiger partial charge in [0.25, 0.3) is 0 Å². The molecular formula is C10H12N4S. The van der Waals surface area contributed by atoms with Gasteiger partial charge in [-0.15, -0.1) is 11.3 Å². The number of nitrogens with one attached hydrogen (secondary N) is 1. The van der Waals surface area contributed by atoms with E-state index in [4.69, 9.17) is 5.73 Å². The number of nitrogens with zero attached hydrogens (tertiary/aromatic N) is 2. The molecular weight excluding hydrogens is 208 g/mol. The SMILES string of the molecule is Nc1ccc(NCCc2nccs2)nc1. The molecule has 0 aromatic carbocycles. The zero-order valence-corrected chi connectivity index (χ0v) is 9.00. The maximum Gasteiger partial charge on any atom is 0.126 e. The lowest BCUT2D eigenvalue weighted by molar-refractivity contribution is 0.988. The van der Waals surface area contributed by atoms with Gasteiger partial charge in [0.05, 0.1) is 16.9 Å². The zero-order valence-electron chi connectivity index (χ0n) is 8.18. The number of anilines is 2. The summed E-state index contributed by atoms with van der Waals surface area (Å²) in [5.74, 6) is 0.848. The summed E-state index contributed by atoms with van der Waals surface area (Å²) >= 11 is 1.67. The summed E-state index contributed by atoms with van der Waals surface area (Å²) in [5, 5.41) is 6.33. The number of aromatic nitrogens is 2. The van der Waals surface area contributed by atoms with Crippen molar-refractivity contribution in [2.24, 2.45) is 0 Å². The maximum atomic E-state index is 5.53. The first-order valence-corrected chi connectivity index (χ1v) is 5.56. The van der Waals surface area contributed by atoms with Crippen LogP contribution in [0.2, 0.25) is 0 Å². The summed E-state index contributed by atoms with van der Waals surface area (Å²) in [7, 11) is 0. The summed E-state index contributed by atoms with van der Waals surface area (Å²) in [6.45, 7) is 0.838. The van der Waals surface area contributed by atoms with E-state index in [1.54, 1.807) is 17.5 Å². The summed E-state index contributed by atoms with van der Waals surface area (Å²) in [5.41, 5.74) is 6.21. The van der Waals surface area contributed by atoms with Crippen LogP contribution in [0, 0.1) is 0 Å². The van der Waals surface area contributed by atoms with Crippen LogP contribution in [0.3, 0.4) is 0 Å². The van der Waals surface area contributed by atoms with Gasteiger partial charge in [0.1, 0.15) is 5.82 Å². The van der Waals surface area contributed by atoms with Gasteiger partial charge in [0.15, 0.2) is 0 Å². The zero-order chi connectivity index (χ0) is 10.5. The molecule has 2 aromatic rings. The van der Waals surface area contributed by atoms with Crippen LogP contribution in [-0.4, -0.2) is 16.5 Å². The molecule has 0 atom stereocenters. The molecule has 0 spiro atoms. The Morgan fingerprint density at radius 1 is 1.33 bits per heavy atom. The second-order valence-electron chi connectivity index (χ2n) is 3.08. The van der Waals surface area contributed by atoms with Crippen LogP contribution >= 0.6 is 11.3 Å². The van der Waals surface area contributed by atoms with Crippen molar-refractivity contribution in [2.45, 2.75) is 6.42 Å². The standard InChI is InChI=1S/C10H12N4S/c11-8-1-2-9(14-7-8)12-4-3-10-13-5-6-15-10/h1-2,5-7H,3-4,11H2,(H,12,14). The minimum Gasteiger partial charge on any atom is -0.397 e. The van der Waals surface area contributed by atoms with Crippen LogP contribution in [-0.2, 0) is 6.42 Å². The van der Waals surface area contributed by atoms with Gasteiger partial charge in [-0.05, 0) is 12.1 Å². The minimum absolute atomic E-state index is 0.681. The highest BCUT2D eigenvalue weighted by Crippen LogP contribution is 2.07.